The highest BCUT2D eigenvalue weighted by Gasteiger charge is 2.32. The predicted molar refractivity (Wildman–Crippen MR) is 75.5 cm³/mol. The molecule has 0 aliphatic carbocycles. The van der Waals surface area contributed by atoms with E-state index in [9.17, 15) is 4.79 Å². The van der Waals surface area contributed by atoms with Crippen LogP contribution in [0.25, 0.3) is 0 Å². The third-order valence-corrected chi connectivity index (χ3v) is 3.17. The average Bonchev–Trinajstić information content (AvgIpc) is 2.58. The number of carbonyl (C=O) groups is 1. The summed E-state index contributed by atoms with van der Waals surface area (Å²) in [5.41, 5.74) is 1.35. The first-order valence-corrected chi connectivity index (χ1v) is 6.40. The Balaban J connectivity index is 2.39. The lowest BCUT2D eigenvalue weighted by atomic mass is 9.88. The summed E-state index contributed by atoms with van der Waals surface area (Å²) in [6.45, 7) is 6.11. The van der Waals surface area contributed by atoms with Crippen molar-refractivity contribution in [3.05, 3.63) is 28.2 Å². The van der Waals surface area contributed by atoms with Crippen LogP contribution in [0.1, 0.15) is 27.2 Å². The molecule has 1 aromatic carbocycles. The molecule has 0 bridgehead atoms. The Morgan fingerprint density at radius 2 is 1.72 bits per heavy atom. The first-order chi connectivity index (χ1) is 8.27. The third kappa shape index (κ3) is 2.68. The normalized spacial score (nSPS) is 16.2. The Labute approximate surface area is 116 Å². The van der Waals surface area contributed by atoms with Crippen LogP contribution in [0.2, 0.25) is 10.0 Å². The van der Waals surface area contributed by atoms with Crippen LogP contribution in [0.4, 0.5) is 5.69 Å². The van der Waals surface area contributed by atoms with E-state index in [1.807, 2.05) is 20.8 Å². The zero-order valence-corrected chi connectivity index (χ0v) is 12.0. The Morgan fingerprint density at radius 1 is 1.17 bits per heavy atom. The molecule has 18 heavy (non-hydrogen) atoms. The Bertz CT molecular complexity index is 512. The summed E-state index contributed by atoms with van der Waals surface area (Å²) in [4.78, 5) is 12.0. The van der Waals surface area contributed by atoms with Crippen LogP contribution in [-0.2, 0) is 4.79 Å². The Morgan fingerprint density at radius 3 is 2.17 bits per heavy atom. The molecule has 0 radical (unpaired) electrons. The fraction of sp³-hybridized carbons (Fsp3) is 0.385. The minimum Gasteiger partial charge on any atom is -0.272 e. The molecule has 0 N–H and O–H groups in total. The van der Waals surface area contributed by atoms with Gasteiger partial charge in [0.15, 0.2) is 0 Å². The molecule has 0 saturated heterocycles. The quantitative estimate of drug-likeness (QED) is 0.763. The lowest BCUT2D eigenvalue weighted by Crippen LogP contribution is -2.20. The second-order valence-corrected chi connectivity index (χ2v) is 6.18. The van der Waals surface area contributed by atoms with Crippen molar-refractivity contribution in [3.8, 4) is 0 Å². The van der Waals surface area contributed by atoms with Gasteiger partial charge in [-0.15, -0.1) is 0 Å². The zero-order chi connectivity index (χ0) is 13.5. The highest BCUT2D eigenvalue weighted by Crippen LogP contribution is 2.31. The first kappa shape index (κ1) is 13.4. The number of hydrogen-bond acceptors (Lipinski definition) is 2. The summed E-state index contributed by atoms with van der Waals surface area (Å²) in [6, 6.07) is 4.99. The number of rotatable bonds is 1. The molecule has 1 aromatic rings. The van der Waals surface area contributed by atoms with Crippen LogP contribution >= 0.6 is 23.2 Å². The standard InChI is InChI=1S/C13H14Cl2N2O/c1-13(2,3)11-7-12(18)17(16-11)10-5-8(14)4-9(15)6-10/h4-6H,7H2,1-3H3. The summed E-state index contributed by atoms with van der Waals surface area (Å²) >= 11 is 11.9. The van der Waals surface area contributed by atoms with Crippen LogP contribution < -0.4 is 5.01 Å². The number of hydrazone groups is 1. The highest BCUT2D eigenvalue weighted by molar-refractivity contribution is 6.35. The summed E-state index contributed by atoms with van der Waals surface area (Å²) in [5.74, 6) is -0.0572. The molecule has 0 saturated carbocycles. The van der Waals surface area contributed by atoms with Crippen LogP contribution in [0.5, 0.6) is 0 Å². The number of hydrogen-bond donors (Lipinski definition) is 0. The highest BCUT2D eigenvalue weighted by atomic mass is 35.5. The molecule has 0 fully saturated rings. The van der Waals surface area contributed by atoms with Crippen molar-refractivity contribution in [2.45, 2.75) is 27.2 Å². The third-order valence-electron chi connectivity index (χ3n) is 2.73. The smallest absolute Gasteiger partial charge is 0.253 e. The van der Waals surface area contributed by atoms with Crippen LogP contribution in [-0.4, -0.2) is 11.6 Å². The molecule has 5 heteroatoms. The number of nitrogens with zero attached hydrogens (tertiary/aromatic N) is 2. The van der Waals surface area contributed by atoms with Crippen molar-refractivity contribution in [1.29, 1.82) is 0 Å². The summed E-state index contributed by atoms with van der Waals surface area (Å²) in [6.07, 6.45) is 0.341. The van der Waals surface area contributed by atoms with Crippen molar-refractivity contribution in [2.75, 3.05) is 5.01 Å². The molecular formula is C13H14Cl2N2O. The van der Waals surface area contributed by atoms with Gasteiger partial charge in [-0.1, -0.05) is 44.0 Å². The van der Waals surface area contributed by atoms with Crippen molar-refractivity contribution in [1.82, 2.24) is 0 Å². The molecular weight excluding hydrogens is 271 g/mol. The fourth-order valence-corrected chi connectivity index (χ4v) is 2.22. The minimum absolute atomic E-state index is 0.0572. The van der Waals surface area contributed by atoms with Gasteiger partial charge in [0, 0.05) is 15.5 Å². The number of anilines is 1. The van der Waals surface area contributed by atoms with Gasteiger partial charge in [-0.25, -0.2) is 5.01 Å². The van der Waals surface area contributed by atoms with E-state index in [0.717, 1.165) is 5.71 Å². The van der Waals surface area contributed by atoms with E-state index in [1.54, 1.807) is 18.2 Å². The van der Waals surface area contributed by atoms with E-state index in [2.05, 4.69) is 5.10 Å². The Kier molecular flexibility index (Phi) is 3.39. The van der Waals surface area contributed by atoms with Gasteiger partial charge in [-0.3, -0.25) is 4.79 Å². The minimum atomic E-state index is -0.118. The molecule has 1 aliphatic heterocycles. The second-order valence-electron chi connectivity index (χ2n) is 5.31. The van der Waals surface area contributed by atoms with Crippen LogP contribution in [0.3, 0.4) is 0 Å². The molecule has 1 heterocycles. The lowest BCUT2D eigenvalue weighted by molar-refractivity contribution is -0.116. The number of carbonyl (C=O) groups excluding carboxylic acids is 1. The summed E-state index contributed by atoms with van der Waals surface area (Å²) in [7, 11) is 0. The zero-order valence-electron chi connectivity index (χ0n) is 10.5. The van der Waals surface area contributed by atoms with Gasteiger partial charge in [0.05, 0.1) is 17.8 Å². The van der Waals surface area contributed by atoms with E-state index >= 15 is 0 Å². The number of benzene rings is 1. The van der Waals surface area contributed by atoms with Gasteiger partial charge >= 0.3 is 0 Å². The van der Waals surface area contributed by atoms with Gasteiger partial charge in [0.25, 0.3) is 5.91 Å². The van der Waals surface area contributed by atoms with Crippen molar-refractivity contribution >= 4 is 40.5 Å². The number of amides is 1. The van der Waals surface area contributed by atoms with Gasteiger partial charge in [0.1, 0.15) is 0 Å². The fourth-order valence-electron chi connectivity index (χ4n) is 1.71. The number of halogens is 2. The molecule has 2 rings (SSSR count). The monoisotopic (exact) mass is 284 g/mol. The second kappa shape index (κ2) is 4.56. The first-order valence-electron chi connectivity index (χ1n) is 5.64. The maximum absolute atomic E-state index is 12.0. The Hall–Kier alpha value is -1.06. The summed E-state index contributed by atoms with van der Waals surface area (Å²) < 4.78 is 0. The average molecular weight is 285 g/mol. The molecule has 0 aromatic heterocycles. The lowest BCUT2D eigenvalue weighted by Gasteiger charge is -2.16. The van der Waals surface area contributed by atoms with Gasteiger partial charge in [-0.05, 0) is 18.2 Å². The predicted octanol–water partition coefficient (Wildman–Crippen LogP) is 4.13. The molecule has 1 aliphatic rings. The van der Waals surface area contributed by atoms with E-state index in [-0.39, 0.29) is 11.3 Å². The van der Waals surface area contributed by atoms with Crippen LogP contribution in [0, 0.1) is 5.41 Å². The van der Waals surface area contributed by atoms with E-state index in [4.69, 9.17) is 23.2 Å². The molecule has 3 nitrogen and oxygen atoms in total. The molecule has 96 valence electrons. The SMILES string of the molecule is CC(C)(C)C1=NN(c2cc(Cl)cc(Cl)c2)C(=O)C1. The van der Waals surface area contributed by atoms with Crippen molar-refractivity contribution in [2.24, 2.45) is 10.5 Å². The van der Waals surface area contributed by atoms with Crippen molar-refractivity contribution in [3.63, 3.8) is 0 Å². The maximum Gasteiger partial charge on any atom is 0.253 e. The van der Waals surface area contributed by atoms with E-state index < -0.39 is 0 Å². The van der Waals surface area contributed by atoms with E-state index in [1.165, 1.54) is 5.01 Å². The molecule has 0 spiro atoms. The molecule has 0 unspecified atom stereocenters. The van der Waals surface area contributed by atoms with Crippen molar-refractivity contribution < 1.29 is 4.79 Å². The topological polar surface area (TPSA) is 32.7 Å². The van der Waals surface area contributed by atoms with Gasteiger partial charge < -0.3 is 0 Å². The van der Waals surface area contributed by atoms with Gasteiger partial charge in [-0.2, -0.15) is 5.10 Å². The van der Waals surface area contributed by atoms with Crippen LogP contribution in [0.15, 0.2) is 23.3 Å². The summed E-state index contributed by atoms with van der Waals surface area (Å²) in [5, 5.41) is 6.73. The van der Waals surface area contributed by atoms with E-state index in [0.29, 0.717) is 22.2 Å². The molecule has 1 amide bonds. The molecule has 0 atom stereocenters. The van der Waals surface area contributed by atoms with Gasteiger partial charge in [0.2, 0.25) is 0 Å². The largest absolute Gasteiger partial charge is 0.272 e. The maximum atomic E-state index is 12.0.